The van der Waals surface area contributed by atoms with E-state index in [1.165, 1.54) is 18.5 Å². The molecule has 0 radical (unpaired) electrons. The molecule has 2 atom stereocenters. The fraction of sp³-hybridized carbons (Fsp3) is 0.550. The van der Waals surface area contributed by atoms with Crippen LogP contribution in [0, 0.1) is 5.92 Å². The molecular weight excluding hydrogens is 298 g/mol. The van der Waals surface area contributed by atoms with E-state index in [1.807, 2.05) is 30.3 Å². The van der Waals surface area contributed by atoms with Crippen molar-refractivity contribution in [3.63, 3.8) is 0 Å². The van der Waals surface area contributed by atoms with Gasteiger partial charge in [0.05, 0.1) is 5.66 Å². The molecule has 2 aliphatic heterocycles. The quantitative estimate of drug-likeness (QED) is 0.894. The molecule has 1 saturated heterocycles. The monoisotopic (exact) mass is 325 g/mol. The third kappa shape index (κ3) is 2.53. The van der Waals surface area contributed by atoms with Crippen molar-refractivity contribution in [2.24, 2.45) is 5.92 Å². The van der Waals surface area contributed by atoms with Gasteiger partial charge in [-0.1, -0.05) is 25.1 Å². The highest BCUT2D eigenvalue weighted by molar-refractivity contribution is 6.04. The summed E-state index contributed by atoms with van der Waals surface area (Å²) in [5.41, 5.74) is 3.31. The molecule has 2 heterocycles. The summed E-state index contributed by atoms with van der Waals surface area (Å²) < 4.78 is 0. The summed E-state index contributed by atoms with van der Waals surface area (Å²) in [6, 6.07) is 9.82. The first-order chi connectivity index (χ1) is 11.7. The Morgan fingerprint density at radius 2 is 2.17 bits per heavy atom. The second-order valence-corrected chi connectivity index (χ2v) is 7.29. The molecule has 1 aromatic carbocycles. The number of fused-ring (bicyclic) bond motifs is 1. The molecule has 1 aliphatic carbocycles. The number of hydrogen-bond donors (Lipinski definition) is 2. The van der Waals surface area contributed by atoms with Crippen LogP contribution in [0.3, 0.4) is 0 Å². The topological polar surface area (TPSA) is 44.4 Å². The van der Waals surface area contributed by atoms with Crippen LogP contribution in [0.25, 0.3) is 0 Å². The third-order valence-electron chi connectivity index (χ3n) is 5.91. The van der Waals surface area contributed by atoms with Crippen LogP contribution in [0.2, 0.25) is 0 Å². The van der Waals surface area contributed by atoms with Gasteiger partial charge < -0.3 is 10.2 Å². The lowest BCUT2D eigenvalue weighted by Gasteiger charge is -2.57. The lowest BCUT2D eigenvalue weighted by atomic mass is 9.71. The van der Waals surface area contributed by atoms with Crippen molar-refractivity contribution < 1.29 is 4.79 Å². The number of allylic oxidation sites excluding steroid dienone is 1. The van der Waals surface area contributed by atoms with Crippen LogP contribution >= 0.6 is 0 Å². The molecule has 1 aromatic rings. The van der Waals surface area contributed by atoms with Crippen LogP contribution in [0.4, 0.5) is 5.69 Å². The third-order valence-corrected chi connectivity index (χ3v) is 5.91. The van der Waals surface area contributed by atoms with Gasteiger partial charge in [0, 0.05) is 23.5 Å². The maximum atomic E-state index is 13.1. The highest BCUT2D eigenvalue weighted by atomic mass is 16.1. The van der Waals surface area contributed by atoms with Gasteiger partial charge in [-0.2, -0.15) is 0 Å². The molecule has 128 valence electrons. The van der Waals surface area contributed by atoms with Crippen LogP contribution in [0.5, 0.6) is 0 Å². The molecule has 0 aromatic heterocycles. The Balaban J connectivity index is 1.70. The Kier molecular flexibility index (Phi) is 4.09. The van der Waals surface area contributed by atoms with Gasteiger partial charge in [-0.3, -0.25) is 10.1 Å². The largest absolute Gasteiger partial charge is 0.356 e. The van der Waals surface area contributed by atoms with Gasteiger partial charge in [0.2, 0.25) is 0 Å². The second-order valence-electron chi connectivity index (χ2n) is 7.29. The number of anilines is 1. The Labute approximate surface area is 144 Å². The predicted molar refractivity (Wildman–Crippen MR) is 96.4 cm³/mol. The van der Waals surface area contributed by atoms with Crippen LogP contribution in [-0.2, 0) is 4.79 Å². The van der Waals surface area contributed by atoms with Crippen molar-refractivity contribution in [1.82, 2.24) is 10.2 Å². The molecule has 2 bridgehead atoms. The van der Waals surface area contributed by atoms with Gasteiger partial charge in [-0.25, -0.2) is 0 Å². The molecule has 0 unspecified atom stereocenters. The summed E-state index contributed by atoms with van der Waals surface area (Å²) in [5.74, 6) is 0.489. The number of rotatable bonds is 3. The average molecular weight is 325 g/mol. The van der Waals surface area contributed by atoms with E-state index >= 15 is 0 Å². The van der Waals surface area contributed by atoms with Crippen molar-refractivity contribution in [3.05, 3.63) is 41.6 Å². The first-order valence-corrected chi connectivity index (χ1v) is 9.35. The Morgan fingerprint density at radius 1 is 1.33 bits per heavy atom. The van der Waals surface area contributed by atoms with Crippen LogP contribution in [-0.4, -0.2) is 29.6 Å². The predicted octanol–water partition coefficient (Wildman–Crippen LogP) is 3.48. The normalized spacial score (nSPS) is 29.2. The first kappa shape index (κ1) is 15.7. The maximum Gasteiger partial charge on any atom is 0.253 e. The number of nitrogens with one attached hydrogen (secondary N) is 2. The summed E-state index contributed by atoms with van der Waals surface area (Å²) in [4.78, 5) is 15.6. The molecule has 4 nitrogen and oxygen atoms in total. The molecule has 1 saturated carbocycles. The number of nitrogens with zero attached hydrogens (tertiary/aromatic N) is 1. The Morgan fingerprint density at radius 3 is 2.96 bits per heavy atom. The fourth-order valence-electron chi connectivity index (χ4n) is 4.96. The summed E-state index contributed by atoms with van der Waals surface area (Å²) in [5, 5.41) is 6.93. The molecule has 24 heavy (non-hydrogen) atoms. The smallest absolute Gasteiger partial charge is 0.253 e. The minimum atomic E-state index is 0.101. The van der Waals surface area contributed by atoms with E-state index in [4.69, 9.17) is 0 Å². The number of carbonyl (C=O) groups excluding carboxylic acids is 1. The summed E-state index contributed by atoms with van der Waals surface area (Å²) in [7, 11) is 0. The highest BCUT2D eigenvalue weighted by Crippen LogP contribution is 2.47. The van der Waals surface area contributed by atoms with Crippen molar-refractivity contribution in [3.8, 4) is 0 Å². The zero-order valence-corrected chi connectivity index (χ0v) is 14.5. The van der Waals surface area contributed by atoms with Crippen molar-refractivity contribution in [2.45, 2.75) is 51.1 Å². The maximum absolute atomic E-state index is 13.1. The average Bonchev–Trinajstić information content (AvgIpc) is 2.61. The van der Waals surface area contributed by atoms with E-state index in [1.54, 1.807) is 0 Å². The van der Waals surface area contributed by atoms with Crippen LogP contribution < -0.4 is 10.6 Å². The summed E-state index contributed by atoms with van der Waals surface area (Å²) in [6.45, 7) is 4.37. The number of para-hydroxylation sites is 1. The Bertz CT molecular complexity index is 650. The van der Waals surface area contributed by atoms with Crippen molar-refractivity contribution in [2.75, 3.05) is 18.4 Å². The van der Waals surface area contributed by atoms with Gasteiger partial charge in [-0.05, 0) is 63.1 Å². The van der Waals surface area contributed by atoms with E-state index in [9.17, 15) is 4.79 Å². The van der Waals surface area contributed by atoms with Gasteiger partial charge in [-0.15, -0.1) is 0 Å². The van der Waals surface area contributed by atoms with E-state index in [0.717, 1.165) is 50.0 Å². The SMILES string of the molecule is CCC1=C(C(=O)Nc2ccccc2)[C@@H]2CCC[C@]3(C2)NCCCN13. The van der Waals surface area contributed by atoms with Gasteiger partial charge in [0.25, 0.3) is 5.91 Å². The molecule has 1 spiro atoms. The minimum Gasteiger partial charge on any atom is -0.356 e. The lowest BCUT2D eigenvalue weighted by Crippen LogP contribution is -2.66. The zero-order chi connectivity index (χ0) is 16.6. The van der Waals surface area contributed by atoms with Gasteiger partial charge in [0.15, 0.2) is 0 Å². The molecule has 1 amide bonds. The van der Waals surface area contributed by atoms with E-state index in [2.05, 4.69) is 22.5 Å². The van der Waals surface area contributed by atoms with Gasteiger partial charge in [0.1, 0.15) is 0 Å². The van der Waals surface area contributed by atoms with Crippen molar-refractivity contribution in [1.29, 1.82) is 0 Å². The molecular formula is C20H27N3O. The number of hydrogen-bond acceptors (Lipinski definition) is 3. The number of benzene rings is 1. The van der Waals surface area contributed by atoms with Gasteiger partial charge >= 0.3 is 0 Å². The van der Waals surface area contributed by atoms with Crippen molar-refractivity contribution >= 4 is 11.6 Å². The van der Waals surface area contributed by atoms with Crippen LogP contribution in [0.1, 0.15) is 45.4 Å². The highest BCUT2D eigenvalue weighted by Gasteiger charge is 2.49. The zero-order valence-electron chi connectivity index (χ0n) is 14.5. The molecule has 2 fully saturated rings. The van der Waals surface area contributed by atoms with E-state index in [0.29, 0.717) is 5.92 Å². The lowest BCUT2D eigenvalue weighted by molar-refractivity contribution is -0.115. The Hall–Kier alpha value is -1.81. The summed E-state index contributed by atoms with van der Waals surface area (Å²) in [6.07, 6.45) is 6.71. The number of amides is 1. The minimum absolute atomic E-state index is 0.101. The van der Waals surface area contributed by atoms with Crippen LogP contribution in [0.15, 0.2) is 41.6 Å². The molecule has 4 rings (SSSR count). The second kappa shape index (κ2) is 6.25. The summed E-state index contributed by atoms with van der Waals surface area (Å²) >= 11 is 0. The molecule has 4 heteroatoms. The molecule has 2 N–H and O–H groups in total. The number of carbonyl (C=O) groups is 1. The fourth-order valence-corrected chi connectivity index (χ4v) is 4.96. The molecule has 3 aliphatic rings. The van der Waals surface area contributed by atoms with E-state index < -0.39 is 0 Å². The van der Waals surface area contributed by atoms with E-state index in [-0.39, 0.29) is 11.6 Å². The standard InChI is InChI=1S/C20H27N3O/c1-2-17-18(19(24)22-16-9-4-3-5-10-16)15-8-6-11-20(14-15)21-12-7-13-23(17)20/h3-5,9-10,15,21H,2,6-8,11-14H2,1H3,(H,22,24)/t15-,20+/m1/s1. The first-order valence-electron chi connectivity index (χ1n) is 9.35.